The molecule has 0 radical (unpaired) electrons. The van der Waals surface area contributed by atoms with Crippen molar-refractivity contribution in [2.75, 3.05) is 0 Å². The van der Waals surface area contributed by atoms with Crippen LogP contribution >= 0.6 is 0 Å². The highest BCUT2D eigenvalue weighted by atomic mass is 32.2. The van der Waals surface area contributed by atoms with Crippen LogP contribution in [0.3, 0.4) is 0 Å². The van der Waals surface area contributed by atoms with Crippen molar-refractivity contribution in [2.24, 2.45) is 7.05 Å². The van der Waals surface area contributed by atoms with Gasteiger partial charge >= 0.3 is 11.9 Å². The van der Waals surface area contributed by atoms with Gasteiger partial charge < -0.3 is 0 Å². The van der Waals surface area contributed by atoms with Crippen LogP contribution in [0.2, 0.25) is 0 Å². The molecular weight excluding hydrogens is 419 g/mol. The summed E-state index contributed by atoms with van der Waals surface area (Å²) in [5, 5.41) is 0. The minimum atomic E-state index is -4.55. The summed E-state index contributed by atoms with van der Waals surface area (Å²) in [6.07, 6.45) is -3.04. The molecule has 0 saturated heterocycles. The zero-order valence-electron chi connectivity index (χ0n) is 16.3. The zero-order valence-corrected chi connectivity index (χ0v) is 17.1. The molecule has 2 aromatic carbocycles. The van der Waals surface area contributed by atoms with Crippen LogP contribution in [0.25, 0.3) is 11.0 Å². The van der Waals surface area contributed by atoms with Gasteiger partial charge in [0, 0.05) is 12.6 Å². The lowest BCUT2D eigenvalue weighted by atomic mass is 10.1. The summed E-state index contributed by atoms with van der Waals surface area (Å²) >= 11 is 0. The molecule has 1 N–H and O–H groups in total. The summed E-state index contributed by atoms with van der Waals surface area (Å²) in [6.45, 7) is 1.53. The predicted molar refractivity (Wildman–Crippen MR) is 106 cm³/mol. The third kappa shape index (κ3) is 3.65. The Morgan fingerprint density at radius 3 is 2.40 bits per heavy atom. The quantitative estimate of drug-likeness (QED) is 0.664. The van der Waals surface area contributed by atoms with Gasteiger partial charge in [-0.1, -0.05) is 18.2 Å². The van der Waals surface area contributed by atoms with Crippen molar-refractivity contribution in [2.45, 2.75) is 42.9 Å². The minimum Gasteiger partial charge on any atom is -0.295 e. The van der Waals surface area contributed by atoms with Crippen LogP contribution in [0.5, 0.6) is 0 Å². The van der Waals surface area contributed by atoms with E-state index in [1.165, 1.54) is 52.6 Å². The van der Waals surface area contributed by atoms with Crippen molar-refractivity contribution in [3.05, 3.63) is 64.1 Å². The summed E-state index contributed by atoms with van der Waals surface area (Å²) in [4.78, 5) is 12.7. The maximum absolute atomic E-state index is 13.3. The number of aryl methyl sites for hydroxylation is 1. The Morgan fingerprint density at radius 2 is 1.77 bits per heavy atom. The summed E-state index contributed by atoms with van der Waals surface area (Å²) in [6, 6.07) is 9.27. The van der Waals surface area contributed by atoms with E-state index in [2.05, 4.69) is 4.72 Å². The summed E-state index contributed by atoms with van der Waals surface area (Å²) in [7, 11) is -2.31. The van der Waals surface area contributed by atoms with Crippen molar-refractivity contribution >= 4 is 21.1 Å². The molecule has 1 aromatic heterocycles. The normalized spacial score (nSPS) is 16.2. The number of aromatic nitrogens is 2. The van der Waals surface area contributed by atoms with Gasteiger partial charge in [0.2, 0.25) is 10.0 Å². The fourth-order valence-electron chi connectivity index (χ4n) is 3.49. The van der Waals surface area contributed by atoms with E-state index in [1.54, 1.807) is 0 Å². The SMILES string of the molecule is Cn1c(=O)n(Cc2ccccc2C(F)(F)F)c2ccc(S(=O)(=O)NC3(C)CC3)cc21. The molecule has 10 heteroatoms. The average Bonchev–Trinajstić information content (AvgIpc) is 3.34. The topological polar surface area (TPSA) is 73.1 Å². The van der Waals surface area contributed by atoms with E-state index in [0.717, 1.165) is 18.9 Å². The van der Waals surface area contributed by atoms with Gasteiger partial charge in [0.05, 0.1) is 28.0 Å². The lowest BCUT2D eigenvalue weighted by Crippen LogP contribution is -2.34. The van der Waals surface area contributed by atoms with Gasteiger partial charge in [0.15, 0.2) is 0 Å². The van der Waals surface area contributed by atoms with Crippen LogP contribution in [0.1, 0.15) is 30.9 Å². The highest BCUT2D eigenvalue weighted by Gasteiger charge is 2.41. The number of fused-ring (bicyclic) bond motifs is 1. The van der Waals surface area contributed by atoms with E-state index < -0.39 is 33.0 Å². The average molecular weight is 439 g/mol. The maximum atomic E-state index is 13.3. The van der Waals surface area contributed by atoms with Gasteiger partial charge in [0.25, 0.3) is 0 Å². The van der Waals surface area contributed by atoms with Crippen molar-refractivity contribution in [3.8, 4) is 0 Å². The maximum Gasteiger partial charge on any atom is 0.416 e. The number of benzene rings is 2. The molecule has 0 atom stereocenters. The molecule has 0 spiro atoms. The third-order valence-electron chi connectivity index (χ3n) is 5.46. The Balaban J connectivity index is 1.79. The van der Waals surface area contributed by atoms with Crippen LogP contribution in [0.15, 0.2) is 52.2 Å². The Labute approximate surface area is 171 Å². The number of hydrogen-bond acceptors (Lipinski definition) is 3. The molecule has 1 aliphatic rings. The van der Waals surface area contributed by atoms with E-state index in [9.17, 15) is 26.4 Å². The predicted octanol–water partition coefficient (Wildman–Crippen LogP) is 3.24. The second-order valence-electron chi connectivity index (χ2n) is 7.90. The van der Waals surface area contributed by atoms with E-state index in [4.69, 9.17) is 0 Å². The van der Waals surface area contributed by atoms with Crippen LogP contribution in [0.4, 0.5) is 13.2 Å². The fourth-order valence-corrected chi connectivity index (χ4v) is 4.97. The first-order valence-electron chi connectivity index (χ1n) is 9.30. The van der Waals surface area contributed by atoms with Gasteiger partial charge in [-0.15, -0.1) is 0 Å². The molecular formula is C20H20F3N3O3S. The van der Waals surface area contributed by atoms with Gasteiger partial charge in [-0.25, -0.2) is 17.9 Å². The first kappa shape index (κ1) is 20.7. The van der Waals surface area contributed by atoms with Crippen LogP contribution in [0, 0.1) is 0 Å². The first-order valence-corrected chi connectivity index (χ1v) is 10.8. The summed E-state index contributed by atoms with van der Waals surface area (Å²) in [5.74, 6) is 0. The number of nitrogens with zero attached hydrogens (tertiary/aromatic N) is 2. The summed E-state index contributed by atoms with van der Waals surface area (Å²) in [5.41, 5.74) is -1.15. The molecule has 0 aliphatic heterocycles. The number of alkyl halides is 3. The molecule has 1 aliphatic carbocycles. The van der Waals surface area contributed by atoms with Crippen molar-refractivity contribution in [3.63, 3.8) is 0 Å². The molecule has 160 valence electrons. The number of imidazole rings is 1. The van der Waals surface area contributed by atoms with E-state index in [0.29, 0.717) is 11.0 Å². The van der Waals surface area contributed by atoms with Gasteiger partial charge in [-0.2, -0.15) is 13.2 Å². The molecule has 6 nitrogen and oxygen atoms in total. The van der Waals surface area contributed by atoms with Gasteiger partial charge in [0.1, 0.15) is 0 Å². The number of sulfonamides is 1. The molecule has 1 fully saturated rings. The standard InChI is InChI=1S/C20H20F3N3O3S/c1-19(9-10-19)24-30(28,29)14-7-8-16-17(11-14)25(2)18(27)26(16)12-13-5-3-4-6-15(13)20(21,22)23/h3-8,11,24H,9-10,12H2,1-2H3. The minimum absolute atomic E-state index is 0.00608. The van der Waals surface area contributed by atoms with Crippen LogP contribution in [-0.4, -0.2) is 23.1 Å². The number of hydrogen-bond donors (Lipinski definition) is 1. The zero-order chi connectivity index (χ0) is 21.9. The first-order chi connectivity index (χ1) is 13.9. The van der Waals surface area contributed by atoms with Crippen molar-refractivity contribution in [1.29, 1.82) is 0 Å². The molecule has 1 saturated carbocycles. The Kier molecular flexibility index (Phi) is 4.62. The molecule has 1 heterocycles. The largest absolute Gasteiger partial charge is 0.416 e. The molecule has 0 unspecified atom stereocenters. The molecule has 3 aromatic rings. The van der Waals surface area contributed by atoms with E-state index in [1.807, 2.05) is 6.92 Å². The lowest BCUT2D eigenvalue weighted by Gasteiger charge is -2.13. The monoisotopic (exact) mass is 439 g/mol. The molecule has 0 amide bonds. The Bertz CT molecular complexity index is 1300. The lowest BCUT2D eigenvalue weighted by molar-refractivity contribution is -0.138. The fraction of sp³-hybridized carbons (Fsp3) is 0.350. The summed E-state index contributed by atoms with van der Waals surface area (Å²) < 4.78 is 70.4. The van der Waals surface area contributed by atoms with Crippen LogP contribution in [-0.2, 0) is 29.8 Å². The van der Waals surface area contributed by atoms with Gasteiger partial charge in [-0.3, -0.25) is 9.13 Å². The highest BCUT2D eigenvalue weighted by molar-refractivity contribution is 7.89. The van der Waals surface area contributed by atoms with Crippen LogP contribution < -0.4 is 10.4 Å². The third-order valence-corrected chi connectivity index (χ3v) is 7.10. The van der Waals surface area contributed by atoms with E-state index in [-0.39, 0.29) is 17.0 Å². The smallest absolute Gasteiger partial charge is 0.295 e. The number of rotatable bonds is 5. The number of nitrogens with one attached hydrogen (secondary N) is 1. The Morgan fingerprint density at radius 1 is 1.10 bits per heavy atom. The molecule has 30 heavy (non-hydrogen) atoms. The van der Waals surface area contributed by atoms with Crippen molar-refractivity contribution < 1.29 is 21.6 Å². The van der Waals surface area contributed by atoms with E-state index >= 15 is 0 Å². The highest BCUT2D eigenvalue weighted by Crippen LogP contribution is 2.36. The molecule has 0 bridgehead atoms. The Hall–Kier alpha value is -2.59. The second kappa shape index (κ2) is 6.71. The molecule has 4 rings (SSSR count). The van der Waals surface area contributed by atoms with Gasteiger partial charge in [-0.05, 0) is 49.6 Å². The number of halogens is 3. The second-order valence-corrected chi connectivity index (χ2v) is 9.58. The van der Waals surface area contributed by atoms with Crippen molar-refractivity contribution in [1.82, 2.24) is 13.9 Å².